The highest BCUT2D eigenvalue weighted by molar-refractivity contribution is 4.81. The fourth-order valence-corrected chi connectivity index (χ4v) is 2.92. The minimum Gasteiger partial charge on any atom is -0.392 e. The molecule has 2 heteroatoms. The molecule has 1 aliphatic carbocycles. The van der Waals surface area contributed by atoms with E-state index in [0.717, 1.165) is 25.3 Å². The number of aliphatic hydroxyl groups excluding tert-OH is 1. The average Bonchev–Trinajstić information content (AvgIpc) is 2.76. The minimum atomic E-state index is -0.157. The zero-order valence-electron chi connectivity index (χ0n) is 11.2. The third kappa shape index (κ3) is 4.06. The van der Waals surface area contributed by atoms with Crippen molar-refractivity contribution in [3.05, 3.63) is 0 Å². The van der Waals surface area contributed by atoms with Gasteiger partial charge >= 0.3 is 0 Å². The van der Waals surface area contributed by atoms with Gasteiger partial charge in [-0.1, -0.05) is 40.0 Å². The van der Waals surface area contributed by atoms with Crippen molar-refractivity contribution in [2.45, 2.75) is 71.4 Å². The SMILES string of the molecule is CCC1CCC(NCC(O)C(CC)CC)C1. The second-order valence-electron chi connectivity index (χ2n) is 5.34. The molecule has 96 valence electrons. The lowest BCUT2D eigenvalue weighted by Crippen LogP contribution is -2.37. The largest absolute Gasteiger partial charge is 0.392 e. The standard InChI is InChI=1S/C14H29NO/c1-4-11-7-8-13(9-11)15-10-14(16)12(5-2)6-3/h11-16H,4-10H2,1-3H3. The van der Waals surface area contributed by atoms with Crippen LogP contribution in [0.4, 0.5) is 0 Å². The zero-order chi connectivity index (χ0) is 12.0. The first-order valence-corrected chi connectivity index (χ1v) is 7.12. The predicted octanol–water partition coefficient (Wildman–Crippen LogP) is 2.95. The Morgan fingerprint density at radius 1 is 1.19 bits per heavy atom. The molecule has 3 unspecified atom stereocenters. The Morgan fingerprint density at radius 3 is 2.38 bits per heavy atom. The van der Waals surface area contributed by atoms with E-state index in [1.807, 2.05) is 0 Å². The van der Waals surface area contributed by atoms with Crippen LogP contribution in [0, 0.1) is 11.8 Å². The van der Waals surface area contributed by atoms with Gasteiger partial charge in [0, 0.05) is 12.6 Å². The van der Waals surface area contributed by atoms with Gasteiger partial charge in [0.2, 0.25) is 0 Å². The van der Waals surface area contributed by atoms with Crippen LogP contribution >= 0.6 is 0 Å². The van der Waals surface area contributed by atoms with Gasteiger partial charge in [-0.2, -0.15) is 0 Å². The molecule has 0 aromatic carbocycles. The molecule has 3 atom stereocenters. The summed E-state index contributed by atoms with van der Waals surface area (Å²) in [5.74, 6) is 1.39. The number of hydrogen-bond donors (Lipinski definition) is 2. The van der Waals surface area contributed by atoms with Crippen molar-refractivity contribution < 1.29 is 5.11 Å². The summed E-state index contributed by atoms with van der Waals surface area (Å²) in [6.07, 6.45) is 7.31. The molecule has 2 nitrogen and oxygen atoms in total. The van der Waals surface area contributed by atoms with Crippen LogP contribution in [0.3, 0.4) is 0 Å². The second-order valence-corrected chi connectivity index (χ2v) is 5.34. The summed E-state index contributed by atoms with van der Waals surface area (Å²) in [6.45, 7) is 7.40. The van der Waals surface area contributed by atoms with E-state index in [2.05, 4.69) is 26.1 Å². The van der Waals surface area contributed by atoms with Crippen LogP contribution in [0.5, 0.6) is 0 Å². The molecular weight excluding hydrogens is 198 g/mol. The van der Waals surface area contributed by atoms with Crippen molar-refractivity contribution in [2.24, 2.45) is 11.8 Å². The van der Waals surface area contributed by atoms with Gasteiger partial charge in [-0.25, -0.2) is 0 Å². The molecule has 0 aromatic heterocycles. The van der Waals surface area contributed by atoms with Gasteiger partial charge in [-0.05, 0) is 31.1 Å². The molecule has 2 N–H and O–H groups in total. The van der Waals surface area contributed by atoms with Crippen molar-refractivity contribution in [2.75, 3.05) is 6.54 Å². The lowest BCUT2D eigenvalue weighted by atomic mass is 9.96. The van der Waals surface area contributed by atoms with Crippen LogP contribution < -0.4 is 5.32 Å². The zero-order valence-corrected chi connectivity index (χ0v) is 11.2. The maximum atomic E-state index is 10.0. The van der Waals surface area contributed by atoms with Crippen LogP contribution in [0.1, 0.15) is 59.3 Å². The molecule has 0 heterocycles. The summed E-state index contributed by atoms with van der Waals surface area (Å²) in [5, 5.41) is 13.6. The normalized spacial score (nSPS) is 27.6. The van der Waals surface area contributed by atoms with Gasteiger partial charge in [0.05, 0.1) is 6.10 Å². The first-order valence-electron chi connectivity index (χ1n) is 7.12. The van der Waals surface area contributed by atoms with E-state index in [9.17, 15) is 5.11 Å². The second kappa shape index (κ2) is 7.29. The van der Waals surface area contributed by atoms with Crippen LogP contribution in [0.2, 0.25) is 0 Å². The maximum Gasteiger partial charge on any atom is 0.0692 e. The van der Waals surface area contributed by atoms with E-state index in [1.54, 1.807) is 0 Å². The Morgan fingerprint density at radius 2 is 1.88 bits per heavy atom. The monoisotopic (exact) mass is 227 g/mol. The minimum absolute atomic E-state index is 0.157. The molecule has 1 rings (SSSR count). The molecule has 0 amide bonds. The molecule has 0 bridgehead atoms. The molecule has 1 aliphatic rings. The molecular formula is C14H29NO. The number of hydrogen-bond acceptors (Lipinski definition) is 2. The first kappa shape index (κ1) is 14.0. The van der Waals surface area contributed by atoms with Gasteiger partial charge in [0.25, 0.3) is 0 Å². The van der Waals surface area contributed by atoms with Crippen LogP contribution in [0.15, 0.2) is 0 Å². The third-order valence-corrected chi connectivity index (χ3v) is 4.33. The highest BCUT2D eigenvalue weighted by atomic mass is 16.3. The highest BCUT2D eigenvalue weighted by Crippen LogP contribution is 2.27. The van der Waals surface area contributed by atoms with E-state index in [1.165, 1.54) is 25.7 Å². The maximum absolute atomic E-state index is 10.0. The Hall–Kier alpha value is -0.0800. The van der Waals surface area contributed by atoms with E-state index < -0.39 is 0 Å². The molecule has 0 spiro atoms. The number of rotatable bonds is 7. The van der Waals surface area contributed by atoms with Crippen molar-refractivity contribution in [1.82, 2.24) is 5.32 Å². The van der Waals surface area contributed by atoms with Crippen LogP contribution in [-0.4, -0.2) is 23.8 Å². The Balaban J connectivity index is 2.19. The lowest BCUT2D eigenvalue weighted by Gasteiger charge is -2.22. The van der Waals surface area contributed by atoms with Crippen molar-refractivity contribution >= 4 is 0 Å². The van der Waals surface area contributed by atoms with Gasteiger partial charge in [0.1, 0.15) is 0 Å². The smallest absolute Gasteiger partial charge is 0.0692 e. The molecule has 1 fully saturated rings. The summed E-state index contributed by atoms with van der Waals surface area (Å²) in [4.78, 5) is 0. The number of nitrogens with one attached hydrogen (secondary N) is 1. The van der Waals surface area contributed by atoms with Crippen molar-refractivity contribution in [1.29, 1.82) is 0 Å². The molecule has 0 saturated heterocycles. The first-order chi connectivity index (χ1) is 7.71. The van der Waals surface area contributed by atoms with Gasteiger partial charge in [-0.15, -0.1) is 0 Å². The van der Waals surface area contributed by atoms with Gasteiger partial charge in [0.15, 0.2) is 0 Å². The molecule has 1 saturated carbocycles. The van der Waals surface area contributed by atoms with E-state index in [0.29, 0.717) is 12.0 Å². The summed E-state index contributed by atoms with van der Waals surface area (Å²) >= 11 is 0. The molecule has 0 radical (unpaired) electrons. The molecule has 0 aromatic rings. The summed E-state index contributed by atoms with van der Waals surface area (Å²) in [5.41, 5.74) is 0. The van der Waals surface area contributed by atoms with E-state index in [4.69, 9.17) is 0 Å². The lowest BCUT2D eigenvalue weighted by molar-refractivity contribution is 0.0983. The Labute approximate surface area is 101 Å². The van der Waals surface area contributed by atoms with Gasteiger partial charge < -0.3 is 10.4 Å². The Bertz CT molecular complexity index is 180. The topological polar surface area (TPSA) is 32.3 Å². The van der Waals surface area contributed by atoms with Crippen molar-refractivity contribution in [3.8, 4) is 0 Å². The third-order valence-electron chi connectivity index (χ3n) is 4.33. The molecule has 16 heavy (non-hydrogen) atoms. The highest BCUT2D eigenvalue weighted by Gasteiger charge is 2.24. The number of aliphatic hydroxyl groups is 1. The fourth-order valence-electron chi connectivity index (χ4n) is 2.92. The quantitative estimate of drug-likeness (QED) is 0.701. The fraction of sp³-hybridized carbons (Fsp3) is 1.00. The average molecular weight is 227 g/mol. The predicted molar refractivity (Wildman–Crippen MR) is 69.5 cm³/mol. The van der Waals surface area contributed by atoms with Crippen LogP contribution in [0.25, 0.3) is 0 Å². The van der Waals surface area contributed by atoms with E-state index in [-0.39, 0.29) is 6.10 Å². The molecule has 0 aliphatic heterocycles. The summed E-state index contributed by atoms with van der Waals surface area (Å²) in [6, 6.07) is 0.661. The summed E-state index contributed by atoms with van der Waals surface area (Å²) in [7, 11) is 0. The summed E-state index contributed by atoms with van der Waals surface area (Å²) < 4.78 is 0. The Kier molecular flexibility index (Phi) is 6.37. The van der Waals surface area contributed by atoms with E-state index >= 15 is 0 Å². The van der Waals surface area contributed by atoms with Crippen molar-refractivity contribution in [3.63, 3.8) is 0 Å². The van der Waals surface area contributed by atoms with Crippen LogP contribution in [-0.2, 0) is 0 Å². The van der Waals surface area contributed by atoms with Gasteiger partial charge in [-0.3, -0.25) is 0 Å².